The first-order valence-electron chi connectivity index (χ1n) is 9.37. The van der Waals surface area contributed by atoms with Crippen LogP contribution < -0.4 is 0 Å². The molecule has 2 aromatic rings. The fraction of sp³-hybridized carbons (Fsp3) is 0.455. The Hall–Kier alpha value is -1.80. The standard InChI is InChI=1S/C22H29NO/c24-22-14-6-5-13-21(22)20(18-19-10-3-1-4-11-19)12-9-17-23-15-7-2-8-16-23/h1,3-6,10-11,13-14,20,24H,2,7-9,12,15-18H2. The number of para-hydroxylation sites is 1. The Bertz CT molecular complexity index is 604. The van der Waals surface area contributed by atoms with Gasteiger partial charge in [0.1, 0.15) is 5.75 Å². The molecule has 1 heterocycles. The Morgan fingerprint density at radius 3 is 2.33 bits per heavy atom. The highest BCUT2D eigenvalue weighted by Gasteiger charge is 2.17. The summed E-state index contributed by atoms with van der Waals surface area (Å²) in [6, 6.07) is 18.5. The minimum absolute atomic E-state index is 0.387. The predicted molar refractivity (Wildman–Crippen MR) is 101 cm³/mol. The number of phenols is 1. The van der Waals surface area contributed by atoms with E-state index in [1.807, 2.05) is 18.2 Å². The van der Waals surface area contributed by atoms with Crippen molar-refractivity contribution in [3.63, 3.8) is 0 Å². The minimum Gasteiger partial charge on any atom is -0.508 e. The molecule has 2 aromatic carbocycles. The molecular weight excluding hydrogens is 294 g/mol. The summed E-state index contributed by atoms with van der Waals surface area (Å²) < 4.78 is 0. The molecule has 1 saturated heterocycles. The average molecular weight is 323 g/mol. The van der Waals surface area contributed by atoms with Crippen molar-refractivity contribution in [3.8, 4) is 5.75 Å². The van der Waals surface area contributed by atoms with Gasteiger partial charge < -0.3 is 10.0 Å². The van der Waals surface area contributed by atoms with Crippen molar-refractivity contribution in [2.24, 2.45) is 0 Å². The van der Waals surface area contributed by atoms with Gasteiger partial charge in [-0.1, -0.05) is 55.0 Å². The third-order valence-corrected chi connectivity index (χ3v) is 5.18. The summed E-state index contributed by atoms with van der Waals surface area (Å²) in [7, 11) is 0. The number of likely N-dealkylation sites (tertiary alicyclic amines) is 1. The maximum atomic E-state index is 10.3. The summed E-state index contributed by atoms with van der Waals surface area (Å²) in [6.45, 7) is 3.72. The zero-order chi connectivity index (χ0) is 16.6. The third kappa shape index (κ3) is 4.85. The Morgan fingerprint density at radius 1 is 0.875 bits per heavy atom. The Labute approximate surface area is 146 Å². The van der Waals surface area contributed by atoms with Crippen LogP contribution in [0, 0.1) is 0 Å². The highest BCUT2D eigenvalue weighted by atomic mass is 16.3. The van der Waals surface area contributed by atoms with Gasteiger partial charge in [-0.05, 0) is 74.8 Å². The SMILES string of the molecule is Oc1ccccc1C(CCCN1CCCCC1)Cc1ccccc1. The number of hydrogen-bond donors (Lipinski definition) is 1. The van der Waals surface area contributed by atoms with E-state index in [4.69, 9.17) is 0 Å². The lowest BCUT2D eigenvalue weighted by Crippen LogP contribution is -2.30. The van der Waals surface area contributed by atoms with Gasteiger partial charge in [0.15, 0.2) is 0 Å². The second-order valence-electron chi connectivity index (χ2n) is 6.99. The van der Waals surface area contributed by atoms with Gasteiger partial charge in [0.2, 0.25) is 0 Å². The second kappa shape index (κ2) is 8.89. The molecule has 128 valence electrons. The molecule has 0 aliphatic carbocycles. The van der Waals surface area contributed by atoms with Crippen LogP contribution in [0.5, 0.6) is 5.75 Å². The minimum atomic E-state index is 0.387. The molecule has 1 fully saturated rings. The van der Waals surface area contributed by atoms with Crippen molar-refractivity contribution in [1.82, 2.24) is 4.90 Å². The third-order valence-electron chi connectivity index (χ3n) is 5.18. The van der Waals surface area contributed by atoms with Gasteiger partial charge in [0.25, 0.3) is 0 Å². The normalized spacial score (nSPS) is 16.8. The summed E-state index contributed by atoms with van der Waals surface area (Å²) in [5.41, 5.74) is 2.45. The van der Waals surface area contributed by atoms with Crippen molar-refractivity contribution in [2.45, 2.75) is 44.4 Å². The molecule has 1 atom stereocenters. The molecule has 2 heteroatoms. The van der Waals surface area contributed by atoms with Crippen molar-refractivity contribution >= 4 is 0 Å². The number of rotatable bonds is 7. The van der Waals surface area contributed by atoms with Crippen LogP contribution in [-0.2, 0) is 6.42 Å². The topological polar surface area (TPSA) is 23.5 Å². The molecule has 1 aliphatic heterocycles. The Kier molecular flexibility index (Phi) is 6.31. The van der Waals surface area contributed by atoms with Crippen LogP contribution in [0.4, 0.5) is 0 Å². The van der Waals surface area contributed by atoms with E-state index < -0.39 is 0 Å². The zero-order valence-electron chi connectivity index (χ0n) is 14.5. The molecule has 0 spiro atoms. The number of aromatic hydroxyl groups is 1. The lowest BCUT2D eigenvalue weighted by molar-refractivity contribution is 0.222. The lowest BCUT2D eigenvalue weighted by Gasteiger charge is -2.27. The van der Waals surface area contributed by atoms with E-state index >= 15 is 0 Å². The van der Waals surface area contributed by atoms with Gasteiger partial charge in [-0.2, -0.15) is 0 Å². The van der Waals surface area contributed by atoms with Crippen LogP contribution in [0.15, 0.2) is 54.6 Å². The molecule has 24 heavy (non-hydrogen) atoms. The number of benzene rings is 2. The fourth-order valence-electron chi connectivity index (χ4n) is 3.84. The number of nitrogens with zero attached hydrogens (tertiary/aromatic N) is 1. The number of phenolic OH excluding ortho intramolecular Hbond substituents is 1. The summed E-state index contributed by atoms with van der Waals surface area (Å²) in [4.78, 5) is 2.61. The molecule has 1 unspecified atom stereocenters. The molecule has 3 rings (SSSR count). The number of piperidine rings is 1. The van der Waals surface area contributed by atoms with Crippen LogP contribution in [0.1, 0.15) is 49.1 Å². The average Bonchev–Trinajstić information content (AvgIpc) is 2.63. The lowest BCUT2D eigenvalue weighted by atomic mass is 9.87. The first-order valence-corrected chi connectivity index (χ1v) is 9.37. The van der Waals surface area contributed by atoms with Crippen molar-refractivity contribution in [2.75, 3.05) is 19.6 Å². The summed E-state index contributed by atoms with van der Waals surface area (Å²) >= 11 is 0. The fourth-order valence-corrected chi connectivity index (χ4v) is 3.84. The van der Waals surface area contributed by atoms with E-state index in [0.29, 0.717) is 11.7 Å². The smallest absolute Gasteiger partial charge is 0.119 e. The van der Waals surface area contributed by atoms with Gasteiger partial charge >= 0.3 is 0 Å². The molecule has 0 radical (unpaired) electrons. The molecule has 0 saturated carbocycles. The first-order chi connectivity index (χ1) is 11.8. The van der Waals surface area contributed by atoms with Gasteiger partial charge in [-0.25, -0.2) is 0 Å². The molecule has 0 amide bonds. The highest BCUT2D eigenvalue weighted by molar-refractivity contribution is 5.36. The monoisotopic (exact) mass is 323 g/mol. The van der Waals surface area contributed by atoms with Gasteiger partial charge in [-0.3, -0.25) is 0 Å². The van der Waals surface area contributed by atoms with E-state index in [1.165, 1.54) is 50.9 Å². The Balaban J connectivity index is 1.64. The number of hydrogen-bond acceptors (Lipinski definition) is 2. The van der Waals surface area contributed by atoms with Crippen molar-refractivity contribution < 1.29 is 5.11 Å². The molecule has 0 bridgehead atoms. The van der Waals surface area contributed by atoms with E-state index in [0.717, 1.165) is 18.4 Å². The van der Waals surface area contributed by atoms with Crippen molar-refractivity contribution in [1.29, 1.82) is 0 Å². The van der Waals surface area contributed by atoms with E-state index in [-0.39, 0.29) is 0 Å². The quantitative estimate of drug-likeness (QED) is 0.776. The summed E-state index contributed by atoms with van der Waals surface area (Å²) in [6.07, 6.45) is 7.43. The van der Waals surface area contributed by atoms with Gasteiger partial charge in [0.05, 0.1) is 0 Å². The maximum absolute atomic E-state index is 10.3. The van der Waals surface area contributed by atoms with Crippen LogP contribution in [0.2, 0.25) is 0 Å². The molecule has 0 aromatic heterocycles. The van der Waals surface area contributed by atoms with Crippen LogP contribution in [-0.4, -0.2) is 29.6 Å². The second-order valence-corrected chi connectivity index (χ2v) is 6.99. The van der Waals surface area contributed by atoms with E-state index in [1.54, 1.807) is 0 Å². The molecule has 1 N–H and O–H groups in total. The largest absolute Gasteiger partial charge is 0.508 e. The van der Waals surface area contributed by atoms with Crippen LogP contribution >= 0.6 is 0 Å². The van der Waals surface area contributed by atoms with E-state index in [2.05, 4.69) is 41.3 Å². The maximum Gasteiger partial charge on any atom is 0.119 e. The van der Waals surface area contributed by atoms with E-state index in [9.17, 15) is 5.11 Å². The van der Waals surface area contributed by atoms with Crippen molar-refractivity contribution in [3.05, 3.63) is 65.7 Å². The zero-order valence-corrected chi connectivity index (χ0v) is 14.5. The molecule has 2 nitrogen and oxygen atoms in total. The predicted octanol–water partition coefficient (Wildman–Crippen LogP) is 4.98. The molecular formula is C22H29NO. The van der Waals surface area contributed by atoms with Crippen LogP contribution in [0.25, 0.3) is 0 Å². The highest BCUT2D eigenvalue weighted by Crippen LogP contribution is 2.32. The van der Waals surface area contributed by atoms with Crippen LogP contribution in [0.3, 0.4) is 0 Å². The molecule has 1 aliphatic rings. The van der Waals surface area contributed by atoms with Gasteiger partial charge in [-0.15, -0.1) is 0 Å². The Morgan fingerprint density at radius 2 is 1.58 bits per heavy atom. The summed E-state index contributed by atoms with van der Waals surface area (Å²) in [5, 5.41) is 10.3. The van der Waals surface area contributed by atoms with Gasteiger partial charge in [0, 0.05) is 0 Å². The first kappa shape index (κ1) is 17.0. The summed E-state index contributed by atoms with van der Waals surface area (Å²) in [5.74, 6) is 0.829.